The second-order valence-corrected chi connectivity index (χ2v) is 5.66. The molecule has 0 aliphatic heterocycles. The smallest absolute Gasteiger partial charge is 0.203 e. The molecule has 112 valence electrons. The van der Waals surface area contributed by atoms with Gasteiger partial charge in [0.05, 0.1) is 7.11 Å². The number of hydrogen-bond donors (Lipinski definition) is 1. The molecule has 0 unspecified atom stereocenters. The molecule has 4 heteroatoms. The largest absolute Gasteiger partial charge is 0.497 e. The van der Waals surface area contributed by atoms with E-state index in [0.717, 1.165) is 18.2 Å². The van der Waals surface area contributed by atoms with E-state index in [0.29, 0.717) is 6.04 Å². The topological polar surface area (TPSA) is 39.1 Å². The van der Waals surface area contributed by atoms with E-state index >= 15 is 0 Å². The van der Waals surface area contributed by atoms with Gasteiger partial charge in [0.15, 0.2) is 0 Å². The lowest BCUT2D eigenvalue weighted by molar-refractivity contribution is 0.356. The number of ether oxygens (including phenoxy) is 1. The van der Waals surface area contributed by atoms with Crippen LogP contribution < -0.4 is 10.1 Å². The SMILES string of the molecule is COc1cccc(CNc2nccn2C2CCCCC2)c1. The number of nitrogens with one attached hydrogen (secondary N) is 1. The summed E-state index contributed by atoms with van der Waals surface area (Å²) in [6.45, 7) is 0.765. The predicted octanol–water partition coefficient (Wildman–Crippen LogP) is 4.01. The summed E-state index contributed by atoms with van der Waals surface area (Å²) in [6, 6.07) is 8.74. The highest BCUT2D eigenvalue weighted by molar-refractivity contribution is 5.33. The lowest BCUT2D eigenvalue weighted by Crippen LogP contribution is -2.15. The fraction of sp³-hybridized carbons (Fsp3) is 0.471. The highest BCUT2D eigenvalue weighted by Gasteiger charge is 2.17. The van der Waals surface area contributed by atoms with E-state index in [1.165, 1.54) is 37.7 Å². The minimum absolute atomic E-state index is 0.606. The van der Waals surface area contributed by atoms with Gasteiger partial charge in [0.2, 0.25) is 5.95 Å². The van der Waals surface area contributed by atoms with E-state index in [9.17, 15) is 0 Å². The molecule has 21 heavy (non-hydrogen) atoms. The van der Waals surface area contributed by atoms with Crippen molar-refractivity contribution in [3.05, 3.63) is 42.2 Å². The number of hydrogen-bond acceptors (Lipinski definition) is 3. The Hall–Kier alpha value is -1.97. The summed E-state index contributed by atoms with van der Waals surface area (Å²) in [5, 5.41) is 3.45. The van der Waals surface area contributed by atoms with Gasteiger partial charge in [-0.05, 0) is 30.5 Å². The maximum Gasteiger partial charge on any atom is 0.203 e. The molecule has 1 aromatic heterocycles. The van der Waals surface area contributed by atoms with Crippen LogP contribution in [0.5, 0.6) is 5.75 Å². The first-order valence-electron chi connectivity index (χ1n) is 7.76. The van der Waals surface area contributed by atoms with Crippen molar-refractivity contribution in [1.82, 2.24) is 9.55 Å². The number of imidazole rings is 1. The second-order valence-electron chi connectivity index (χ2n) is 5.66. The molecule has 1 heterocycles. The zero-order valence-electron chi connectivity index (χ0n) is 12.6. The Balaban J connectivity index is 1.66. The van der Waals surface area contributed by atoms with Crippen LogP contribution in [0.25, 0.3) is 0 Å². The van der Waals surface area contributed by atoms with Crippen LogP contribution in [0.2, 0.25) is 0 Å². The summed E-state index contributed by atoms with van der Waals surface area (Å²) < 4.78 is 7.57. The van der Waals surface area contributed by atoms with E-state index in [-0.39, 0.29) is 0 Å². The van der Waals surface area contributed by atoms with Crippen molar-refractivity contribution in [2.24, 2.45) is 0 Å². The van der Waals surface area contributed by atoms with Crippen LogP contribution in [0, 0.1) is 0 Å². The number of aromatic nitrogens is 2. The van der Waals surface area contributed by atoms with Gasteiger partial charge in [-0.3, -0.25) is 0 Å². The third-order valence-electron chi connectivity index (χ3n) is 4.22. The quantitative estimate of drug-likeness (QED) is 0.902. The molecule has 2 aromatic rings. The first-order valence-corrected chi connectivity index (χ1v) is 7.76. The van der Waals surface area contributed by atoms with Gasteiger partial charge in [-0.15, -0.1) is 0 Å². The molecular formula is C17H23N3O. The van der Waals surface area contributed by atoms with E-state index in [1.807, 2.05) is 18.3 Å². The lowest BCUT2D eigenvalue weighted by atomic mass is 9.95. The molecule has 0 saturated heterocycles. The highest BCUT2D eigenvalue weighted by Crippen LogP contribution is 2.30. The number of nitrogens with zero attached hydrogens (tertiary/aromatic N) is 2. The summed E-state index contributed by atoms with van der Waals surface area (Å²) >= 11 is 0. The average molecular weight is 285 g/mol. The number of rotatable bonds is 5. The third-order valence-corrected chi connectivity index (χ3v) is 4.22. The van der Waals surface area contributed by atoms with Gasteiger partial charge < -0.3 is 14.6 Å². The van der Waals surface area contributed by atoms with Crippen LogP contribution >= 0.6 is 0 Å². The van der Waals surface area contributed by atoms with Gasteiger partial charge in [0.1, 0.15) is 5.75 Å². The normalized spacial score (nSPS) is 15.9. The maximum atomic E-state index is 5.26. The van der Waals surface area contributed by atoms with Crippen LogP contribution in [-0.4, -0.2) is 16.7 Å². The summed E-state index contributed by atoms with van der Waals surface area (Å²) in [5.74, 6) is 1.87. The number of anilines is 1. The standard InChI is InChI=1S/C17H23N3O/c1-21-16-9-5-6-14(12-16)13-19-17-18-10-11-20(17)15-7-3-2-4-8-15/h5-6,9-12,15H,2-4,7-8,13H2,1H3,(H,18,19). The molecule has 0 radical (unpaired) electrons. The van der Waals surface area contributed by atoms with Crippen LogP contribution in [0.3, 0.4) is 0 Å². The van der Waals surface area contributed by atoms with Crippen molar-refractivity contribution >= 4 is 5.95 Å². The van der Waals surface area contributed by atoms with Gasteiger partial charge in [-0.1, -0.05) is 31.4 Å². The Labute approximate surface area is 126 Å². The van der Waals surface area contributed by atoms with Gasteiger partial charge in [0, 0.05) is 25.0 Å². The van der Waals surface area contributed by atoms with Crippen LogP contribution in [-0.2, 0) is 6.54 Å². The maximum absolute atomic E-state index is 5.26. The molecule has 0 atom stereocenters. The summed E-state index contributed by atoms with van der Waals surface area (Å²) in [6.07, 6.45) is 10.6. The molecule has 1 fully saturated rings. The Bertz CT molecular complexity index is 573. The Morgan fingerprint density at radius 1 is 1.29 bits per heavy atom. The molecule has 0 spiro atoms. The monoisotopic (exact) mass is 285 g/mol. The van der Waals surface area contributed by atoms with Gasteiger partial charge in [-0.25, -0.2) is 4.98 Å². The van der Waals surface area contributed by atoms with E-state index in [4.69, 9.17) is 4.74 Å². The van der Waals surface area contributed by atoms with Crippen molar-refractivity contribution in [2.45, 2.75) is 44.7 Å². The van der Waals surface area contributed by atoms with Gasteiger partial charge in [-0.2, -0.15) is 0 Å². The molecule has 1 N–H and O–H groups in total. The zero-order valence-corrected chi connectivity index (χ0v) is 12.6. The third kappa shape index (κ3) is 3.38. The summed E-state index contributed by atoms with van der Waals surface area (Å²) in [5.41, 5.74) is 1.20. The van der Waals surface area contributed by atoms with Gasteiger partial charge >= 0.3 is 0 Å². The minimum atomic E-state index is 0.606. The summed E-state index contributed by atoms with van der Waals surface area (Å²) in [7, 11) is 1.70. The van der Waals surface area contributed by atoms with Crippen molar-refractivity contribution < 1.29 is 4.74 Å². The molecule has 1 aliphatic rings. The van der Waals surface area contributed by atoms with E-state index < -0.39 is 0 Å². The molecule has 4 nitrogen and oxygen atoms in total. The van der Waals surface area contributed by atoms with Crippen LogP contribution in [0.1, 0.15) is 43.7 Å². The second kappa shape index (κ2) is 6.66. The molecule has 1 aliphatic carbocycles. The van der Waals surface area contributed by atoms with Gasteiger partial charge in [0.25, 0.3) is 0 Å². The lowest BCUT2D eigenvalue weighted by Gasteiger charge is -2.24. The first kappa shape index (κ1) is 14.0. The molecular weight excluding hydrogens is 262 g/mol. The molecule has 0 bridgehead atoms. The Morgan fingerprint density at radius 3 is 2.95 bits per heavy atom. The molecule has 3 rings (SSSR count). The highest BCUT2D eigenvalue weighted by atomic mass is 16.5. The fourth-order valence-corrected chi connectivity index (χ4v) is 3.07. The predicted molar refractivity (Wildman–Crippen MR) is 84.7 cm³/mol. The number of benzene rings is 1. The molecule has 0 amide bonds. The molecule has 1 saturated carbocycles. The Kier molecular flexibility index (Phi) is 4.43. The van der Waals surface area contributed by atoms with Crippen molar-refractivity contribution in [3.63, 3.8) is 0 Å². The minimum Gasteiger partial charge on any atom is -0.497 e. The summed E-state index contributed by atoms with van der Waals surface area (Å²) in [4.78, 5) is 4.47. The first-order chi connectivity index (χ1) is 10.4. The Morgan fingerprint density at radius 2 is 2.14 bits per heavy atom. The van der Waals surface area contributed by atoms with Crippen molar-refractivity contribution in [3.8, 4) is 5.75 Å². The van der Waals surface area contributed by atoms with Crippen molar-refractivity contribution in [1.29, 1.82) is 0 Å². The average Bonchev–Trinajstić information content (AvgIpc) is 3.02. The number of methoxy groups -OCH3 is 1. The van der Waals surface area contributed by atoms with Crippen LogP contribution in [0.15, 0.2) is 36.7 Å². The van der Waals surface area contributed by atoms with E-state index in [1.54, 1.807) is 7.11 Å². The van der Waals surface area contributed by atoms with E-state index in [2.05, 4.69) is 33.2 Å². The fourth-order valence-electron chi connectivity index (χ4n) is 3.07. The van der Waals surface area contributed by atoms with Crippen molar-refractivity contribution in [2.75, 3.05) is 12.4 Å². The molecule has 1 aromatic carbocycles. The van der Waals surface area contributed by atoms with Crippen LogP contribution in [0.4, 0.5) is 5.95 Å². The zero-order chi connectivity index (χ0) is 14.5.